The highest BCUT2D eigenvalue weighted by molar-refractivity contribution is 5.37. The summed E-state index contributed by atoms with van der Waals surface area (Å²) in [4.78, 5) is 0. The van der Waals surface area contributed by atoms with Crippen molar-refractivity contribution in [1.29, 1.82) is 0 Å². The minimum atomic E-state index is 0.0887. The lowest BCUT2D eigenvalue weighted by molar-refractivity contribution is 0.466. The quantitative estimate of drug-likeness (QED) is 0.860. The van der Waals surface area contributed by atoms with Gasteiger partial charge in [-0.3, -0.25) is 0 Å². The average Bonchev–Trinajstić information content (AvgIpc) is 2.52. The maximum absolute atomic E-state index is 9.81. The zero-order valence-electron chi connectivity index (χ0n) is 11.8. The summed E-state index contributed by atoms with van der Waals surface area (Å²) in [5.74, 6) is 0.340. The first kappa shape index (κ1) is 13.5. The molecule has 2 heteroatoms. The predicted molar refractivity (Wildman–Crippen MR) is 79.8 cm³/mol. The fourth-order valence-electron chi connectivity index (χ4n) is 1.99. The maximum Gasteiger partial charge on any atom is 0.120 e. The van der Waals surface area contributed by atoms with Crippen LogP contribution >= 0.6 is 0 Å². The molecule has 0 aromatic heterocycles. The minimum Gasteiger partial charge on any atom is -0.508 e. The monoisotopic (exact) mass is 255 g/mol. The van der Waals surface area contributed by atoms with Gasteiger partial charge in [0.2, 0.25) is 0 Å². The zero-order valence-corrected chi connectivity index (χ0v) is 11.8. The molecule has 0 bridgehead atoms. The first-order chi connectivity index (χ1) is 8.96. The number of hydrogen-bond donors (Lipinski definition) is 2. The SMILES string of the molecule is Cc1ccc(O)c(CNC2=CC=CC(C)(C)C=C2)c1. The van der Waals surface area contributed by atoms with Crippen molar-refractivity contribution in [2.24, 2.45) is 5.41 Å². The normalized spacial score (nSPS) is 16.9. The molecule has 0 fully saturated rings. The highest BCUT2D eigenvalue weighted by atomic mass is 16.3. The third-order valence-corrected chi connectivity index (χ3v) is 3.21. The van der Waals surface area contributed by atoms with Crippen LogP contribution in [0.1, 0.15) is 25.0 Å². The molecule has 1 aromatic rings. The predicted octanol–water partition coefficient (Wildman–Crippen LogP) is 3.83. The van der Waals surface area contributed by atoms with Gasteiger partial charge in [-0.1, -0.05) is 49.8 Å². The highest BCUT2D eigenvalue weighted by Crippen LogP contribution is 2.22. The summed E-state index contributed by atoms with van der Waals surface area (Å²) in [6.45, 7) is 6.99. The fourth-order valence-corrected chi connectivity index (χ4v) is 1.99. The van der Waals surface area contributed by atoms with E-state index in [1.807, 2.05) is 19.1 Å². The maximum atomic E-state index is 9.81. The van der Waals surface area contributed by atoms with Crippen molar-refractivity contribution < 1.29 is 5.11 Å². The molecule has 100 valence electrons. The minimum absolute atomic E-state index is 0.0887. The van der Waals surface area contributed by atoms with Crippen molar-refractivity contribution in [2.75, 3.05) is 0 Å². The van der Waals surface area contributed by atoms with Gasteiger partial charge in [0, 0.05) is 23.2 Å². The van der Waals surface area contributed by atoms with Crippen LogP contribution in [0.15, 0.2) is 54.3 Å². The molecule has 0 saturated carbocycles. The molecule has 2 rings (SSSR count). The first-order valence-corrected chi connectivity index (χ1v) is 6.57. The van der Waals surface area contributed by atoms with Gasteiger partial charge in [0.1, 0.15) is 5.75 Å². The van der Waals surface area contributed by atoms with E-state index in [9.17, 15) is 5.11 Å². The Morgan fingerprint density at radius 1 is 1.21 bits per heavy atom. The number of hydrogen-bond acceptors (Lipinski definition) is 2. The van der Waals surface area contributed by atoms with E-state index in [-0.39, 0.29) is 5.41 Å². The third-order valence-electron chi connectivity index (χ3n) is 3.21. The number of benzene rings is 1. The molecule has 0 aliphatic heterocycles. The first-order valence-electron chi connectivity index (χ1n) is 6.57. The van der Waals surface area contributed by atoms with Gasteiger partial charge in [0.05, 0.1) is 0 Å². The van der Waals surface area contributed by atoms with Gasteiger partial charge in [-0.15, -0.1) is 0 Å². The second-order valence-corrected chi connectivity index (χ2v) is 5.62. The van der Waals surface area contributed by atoms with E-state index in [2.05, 4.69) is 49.5 Å². The van der Waals surface area contributed by atoms with Crippen molar-refractivity contribution in [3.63, 3.8) is 0 Å². The van der Waals surface area contributed by atoms with Gasteiger partial charge in [-0.2, -0.15) is 0 Å². The molecule has 0 saturated heterocycles. The molecular weight excluding hydrogens is 234 g/mol. The third kappa shape index (κ3) is 3.75. The topological polar surface area (TPSA) is 32.3 Å². The van der Waals surface area contributed by atoms with Crippen molar-refractivity contribution in [3.05, 3.63) is 65.4 Å². The van der Waals surface area contributed by atoms with Crippen molar-refractivity contribution in [2.45, 2.75) is 27.3 Å². The van der Waals surface area contributed by atoms with E-state index in [4.69, 9.17) is 0 Å². The van der Waals surface area contributed by atoms with Crippen LogP contribution in [0.3, 0.4) is 0 Å². The van der Waals surface area contributed by atoms with Gasteiger partial charge in [-0.05, 0) is 25.1 Å². The van der Waals surface area contributed by atoms with Crippen molar-refractivity contribution in [1.82, 2.24) is 5.32 Å². The molecule has 1 aromatic carbocycles. The van der Waals surface area contributed by atoms with Crippen LogP contribution in [0.5, 0.6) is 5.75 Å². The fraction of sp³-hybridized carbons (Fsp3) is 0.294. The largest absolute Gasteiger partial charge is 0.508 e. The molecule has 0 spiro atoms. The number of aryl methyl sites for hydroxylation is 1. The Balaban J connectivity index is 2.05. The Morgan fingerprint density at radius 2 is 2.00 bits per heavy atom. The highest BCUT2D eigenvalue weighted by Gasteiger charge is 2.10. The van der Waals surface area contributed by atoms with E-state index >= 15 is 0 Å². The van der Waals surface area contributed by atoms with Crippen LogP contribution in [0.4, 0.5) is 0 Å². The summed E-state index contributed by atoms with van der Waals surface area (Å²) < 4.78 is 0. The van der Waals surface area contributed by atoms with Crippen LogP contribution in [0.2, 0.25) is 0 Å². The molecule has 0 radical (unpaired) electrons. The van der Waals surface area contributed by atoms with E-state index in [0.29, 0.717) is 12.3 Å². The van der Waals surface area contributed by atoms with E-state index in [0.717, 1.165) is 16.8 Å². The zero-order chi connectivity index (χ0) is 13.9. The number of phenols is 1. The summed E-state index contributed by atoms with van der Waals surface area (Å²) >= 11 is 0. The van der Waals surface area contributed by atoms with Crippen molar-refractivity contribution >= 4 is 0 Å². The summed E-state index contributed by atoms with van der Waals surface area (Å²) in [6.07, 6.45) is 10.6. The van der Waals surface area contributed by atoms with E-state index in [1.54, 1.807) is 6.07 Å². The molecule has 1 aliphatic carbocycles. The summed E-state index contributed by atoms with van der Waals surface area (Å²) in [5.41, 5.74) is 3.22. The van der Waals surface area contributed by atoms with E-state index in [1.165, 1.54) is 0 Å². The van der Waals surface area contributed by atoms with Gasteiger partial charge in [0.25, 0.3) is 0 Å². The number of rotatable bonds is 3. The summed E-state index contributed by atoms with van der Waals surface area (Å²) in [5, 5.41) is 13.2. The molecule has 2 N–H and O–H groups in total. The molecular formula is C17H21NO. The second kappa shape index (κ2) is 5.35. The van der Waals surface area contributed by atoms with Crippen LogP contribution in [-0.2, 0) is 6.54 Å². The van der Waals surface area contributed by atoms with Gasteiger partial charge < -0.3 is 10.4 Å². The number of nitrogens with one attached hydrogen (secondary N) is 1. The van der Waals surface area contributed by atoms with Crippen LogP contribution in [0, 0.1) is 12.3 Å². The molecule has 0 unspecified atom stereocenters. The molecule has 1 aliphatic rings. The Morgan fingerprint density at radius 3 is 2.79 bits per heavy atom. The molecule has 0 atom stereocenters. The molecule has 0 heterocycles. The molecule has 19 heavy (non-hydrogen) atoms. The number of phenolic OH excluding ortho intramolecular Hbond substituents is 1. The lowest BCUT2D eigenvalue weighted by Crippen LogP contribution is -2.11. The summed E-state index contributed by atoms with van der Waals surface area (Å²) in [6, 6.07) is 5.66. The Kier molecular flexibility index (Phi) is 3.79. The standard InChI is InChI=1S/C17H21NO/c1-13-6-7-16(19)14(11-13)12-18-15-5-4-9-17(2,3)10-8-15/h4-11,18-19H,12H2,1-3H3. The van der Waals surface area contributed by atoms with Gasteiger partial charge in [0.15, 0.2) is 0 Å². The molecule has 0 amide bonds. The second-order valence-electron chi connectivity index (χ2n) is 5.62. The van der Waals surface area contributed by atoms with Crippen LogP contribution < -0.4 is 5.32 Å². The Bertz CT molecular complexity index is 550. The summed E-state index contributed by atoms with van der Waals surface area (Å²) in [7, 11) is 0. The molecule has 2 nitrogen and oxygen atoms in total. The lowest BCUT2D eigenvalue weighted by atomic mass is 9.93. The van der Waals surface area contributed by atoms with E-state index < -0.39 is 0 Å². The van der Waals surface area contributed by atoms with Crippen LogP contribution in [0.25, 0.3) is 0 Å². The lowest BCUT2D eigenvalue weighted by Gasteiger charge is -2.13. The average molecular weight is 255 g/mol. The number of aromatic hydroxyl groups is 1. The Hall–Kier alpha value is -1.96. The van der Waals surface area contributed by atoms with Crippen molar-refractivity contribution in [3.8, 4) is 5.75 Å². The Labute approximate surface area is 115 Å². The number of allylic oxidation sites excluding steroid dienone is 5. The van der Waals surface area contributed by atoms with Crippen LogP contribution in [-0.4, -0.2) is 5.11 Å². The smallest absolute Gasteiger partial charge is 0.120 e. The van der Waals surface area contributed by atoms with Gasteiger partial charge >= 0.3 is 0 Å². The van der Waals surface area contributed by atoms with Gasteiger partial charge in [-0.25, -0.2) is 0 Å².